The maximum absolute atomic E-state index is 15.1. The van der Waals surface area contributed by atoms with Gasteiger partial charge in [-0.3, -0.25) is 0 Å². The van der Waals surface area contributed by atoms with Gasteiger partial charge in [-0.1, -0.05) is 32.9 Å². The van der Waals surface area contributed by atoms with Crippen LogP contribution in [0.4, 0.5) is 4.39 Å². The molecule has 1 saturated carbocycles. The van der Waals surface area contributed by atoms with Gasteiger partial charge in [0.2, 0.25) is 0 Å². The highest BCUT2D eigenvalue weighted by Crippen LogP contribution is 2.42. The Kier molecular flexibility index (Phi) is 6.88. The highest BCUT2D eigenvalue weighted by atomic mass is 28.4. The van der Waals surface area contributed by atoms with Gasteiger partial charge in [0.05, 0.1) is 25.9 Å². The van der Waals surface area contributed by atoms with Crippen LogP contribution in [-0.2, 0) is 15.8 Å². The highest BCUT2D eigenvalue weighted by Gasteiger charge is 2.49. The van der Waals surface area contributed by atoms with Crippen molar-refractivity contribution in [1.29, 1.82) is 0 Å². The predicted molar refractivity (Wildman–Crippen MR) is 104 cm³/mol. The van der Waals surface area contributed by atoms with Crippen LogP contribution in [0.15, 0.2) is 24.3 Å². The third kappa shape index (κ3) is 4.85. The van der Waals surface area contributed by atoms with Crippen LogP contribution < -0.4 is 4.74 Å². The van der Waals surface area contributed by atoms with Crippen molar-refractivity contribution in [3.63, 3.8) is 0 Å². The number of ether oxygens (including phenoxy) is 2. The van der Waals surface area contributed by atoms with Crippen LogP contribution in [0, 0.1) is 5.92 Å². The SMILES string of the molecule is COc1ccc(CO[C@@H]2C[C@@H](CO)[C@H](O[Si](C)(C)C(C)(C)C)[C@@H]2F)cc1. The average molecular weight is 385 g/mol. The molecule has 0 saturated heterocycles. The second kappa shape index (κ2) is 8.38. The van der Waals surface area contributed by atoms with E-state index in [0.717, 1.165) is 11.3 Å². The molecule has 0 heterocycles. The van der Waals surface area contributed by atoms with Gasteiger partial charge in [-0.25, -0.2) is 4.39 Å². The molecular weight excluding hydrogens is 351 g/mol. The lowest BCUT2D eigenvalue weighted by molar-refractivity contribution is -0.0214. The fourth-order valence-electron chi connectivity index (χ4n) is 2.98. The summed E-state index contributed by atoms with van der Waals surface area (Å²) in [4.78, 5) is 0. The van der Waals surface area contributed by atoms with Crippen molar-refractivity contribution in [3.8, 4) is 5.75 Å². The van der Waals surface area contributed by atoms with Gasteiger partial charge in [0.15, 0.2) is 14.5 Å². The number of hydrogen-bond acceptors (Lipinski definition) is 4. The molecule has 0 aliphatic heterocycles. The van der Waals surface area contributed by atoms with Crippen molar-refractivity contribution in [2.24, 2.45) is 5.92 Å². The Bertz CT molecular complexity index is 570. The van der Waals surface area contributed by atoms with Crippen molar-refractivity contribution < 1.29 is 23.4 Å². The maximum atomic E-state index is 15.1. The first-order valence-corrected chi connectivity index (χ1v) is 12.2. The van der Waals surface area contributed by atoms with E-state index >= 15 is 4.39 Å². The van der Waals surface area contributed by atoms with E-state index in [0.29, 0.717) is 13.0 Å². The van der Waals surface area contributed by atoms with Crippen molar-refractivity contribution in [2.75, 3.05) is 13.7 Å². The van der Waals surface area contributed by atoms with Gasteiger partial charge in [-0.05, 0) is 42.2 Å². The number of hydrogen-bond donors (Lipinski definition) is 1. The van der Waals surface area contributed by atoms with E-state index in [9.17, 15) is 5.11 Å². The second-order valence-electron chi connectivity index (χ2n) is 8.66. The van der Waals surface area contributed by atoms with Crippen molar-refractivity contribution in [3.05, 3.63) is 29.8 Å². The van der Waals surface area contributed by atoms with E-state index in [1.807, 2.05) is 24.3 Å². The zero-order valence-electron chi connectivity index (χ0n) is 16.8. The highest BCUT2D eigenvalue weighted by molar-refractivity contribution is 6.74. The van der Waals surface area contributed by atoms with Gasteiger partial charge in [-0.15, -0.1) is 0 Å². The van der Waals surface area contributed by atoms with Crippen molar-refractivity contribution >= 4 is 8.32 Å². The van der Waals surface area contributed by atoms with Crippen LogP contribution in [-0.4, -0.2) is 45.5 Å². The minimum absolute atomic E-state index is 0.00519. The van der Waals surface area contributed by atoms with E-state index in [1.54, 1.807) is 7.11 Å². The smallest absolute Gasteiger partial charge is 0.192 e. The molecule has 1 aromatic carbocycles. The van der Waals surface area contributed by atoms with Crippen molar-refractivity contribution in [2.45, 2.75) is 70.3 Å². The van der Waals surface area contributed by atoms with Crippen LogP contribution in [0.3, 0.4) is 0 Å². The largest absolute Gasteiger partial charge is 0.497 e. The molecule has 1 aliphatic rings. The van der Waals surface area contributed by atoms with E-state index in [-0.39, 0.29) is 17.6 Å². The van der Waals surface area contributed by atoms with Gasteiger partial charge in [0.25, 0.3) is 0 Å². The van der Waals surface area contributed by atoms with Gasteiger partial charge in [0.1, 0.15) is 5.75 Å². The van der Waals surface area contributed by atoms with Crippen molar-refractivity contribution in [1.82, 2.24) is 0 Å². The topological polar surface area (TPSA) is 47.9 Å². The summed E-state index contributed by atoms with van der Waals surface area (Å²) in [5.74, 6) is 0.557. The van der Waals surface area contributed by atoms with Crippen LogP contribution >= 0.6 is 0 Å². The molecule has 0 radical (unpaired) electrons. The average Bonchev–Trinajstić information content (AvgIpc) is 2.87. The number of methoxy groups -OCH3 is 1. The lowest BCUT2D eigenvalue weighted by Gasteiger charge is -2.40. The molecule has 26 heavy (non-hydrogen) atoms. The number of aliphatic hydroxyl groups excluding tert-OH is 1. The van der Waals surface area contributed by atoms with Crippen LogP contribution in [0.5, 0.6) is 5.75 Å². The Hall–Kier alpha value is -0.953. The summed E-state index contributed by atoms with van der Waals surface area (Å²) >= 11 is 0. The lowest BCUT2D eigenvalue weighted by atomic mass is 10.1. The molecule has 148 valence electrons. The first-order chi connectivity index (χ1) is 12.1. The monoisotopic (exact) mass is 384 g/mol. The molecular formula is C20H33FO4Si. The third-order valence-electron chi connectivity index (χ3n) is 5.76. The van der Waals surface area contributed by atoms with E-state index in [4.69, 9.17) is 13.9 Å². The molecule has 0 amide bonds. The van der Waals surface area contributed by atoms with Crippen LogP contribution in [0.1, 0.15) is 32.8 Å². The summed E-state index contributed by atoms with van der Waals surface area (Å²) < 4.78 is 32.4. The van der Waals surface area contributed by atoms with Crippen LogP contribution in [0.2, 0.25) is 18.1 Å². The molecule has 4 atom stereocenters. The molecule has 1 N–H and O–H groups in total. The first-order valence-electron chi connectivity index (χ1n) is 9.26. The molecule has 1 fully saturated rings. The van der Waals surface area contributed by atoms with Gasteiger partial charge >= 0.3 is 0 Å². The zero-order chi connectivity index (χ0) is 19.5. The fraction of sp³-hybridized carbons (Fsp3) is 0.700. The Morgan fingerprint density at radius 1 is 1.19 bits per heavy atom. The quantitative estimate of drug-likeness (QED) is 0.711. The lowest BCUT2D eigenvalue weighted by Crippen LogP contribution is -2.48. The Labute approximate surface area is 157 Å². The number of halogens is 1. The molecule has 1 aromatic rings. The van der Waals surface area contributed by atoms with Gasteiger partial charge in [-0.2, -0.15) is 0 Å². The fourth-order valence-corrected chi connectivity index (χ4v) is 4.33. The number of benzene rings is 1. The van der Waals surface area contributed by atoms with E-state index in [2.05, 4.69) is 33.9 Å². The summed E-state index contributed by atoms with van der Waals surface area (Å²) in [5.41, 5.74) is 0.965. The van der Waals surface area contributed by atoms with E-state index in [1.165, 1.54) is 0 Å². The Morgan fingerprint density at radius 2 is 1.81 bits per heavy atom. The summed E-state index contributed by atoms with van der Waals surface area (Å²) in [6, 6.07) is 7.54. The summed E-state index contributed by atoms with van der Waals surface area (Å²) in [6.45, 7) is 10.9. The van der Waals surface area contributed by atoms with Crippen LogP contribution in [0.25, 0.3) is 0 Å². The number of alkyl halides is 1. The minimum Gasteiger partial charge on any atom is -0.497 e. The molecule has 6 heteroatoms. The molecule has 0 unspecified atom stereocenters. The normalized spacial score (nSPS) is 26.9. The van der Waals surface area contributed by atoms with Gasteiger partial charge in [0, 0.05) is 12.5 Å². The third-order valence-corrected chi connectivity index (χ3v) is 10.2. The number of rotatable bonds is 7. The van der Waals surface area contributed by atoms with E-state index < -0.39 is 26.7 Å². The molecule has 2 rings (SSSR count). The first kappa shape index (κ1) is 21.3. The Morgan fingerprint density at radius 3 is 2.31 bits per heavy atom. The molecule has 4 nitrogen and oxygen atoms in total. The molecule has 0 bridgehead atoms. The molecule has 0 spiro atoms. The summed E-state index contributed by atoms with van der Waals surface area (Å²) in [6.07, 6.45) is -1.89. The number of aliphatic hydroxyl groups is 1. The standard InChI is InChI=1S/C20H33FO4Si/c1-20(2,3)26(5,6)25-19-15(12-22)11-17(18(19)21)24-13-14-7-9-16(23-4)10-8-14/h7-10,15,17-19,22H,11-13H2,1-6H3/t15-,17+,18+,19-/m0/s1. The predicted octanol–water partition coefficient (Wildman–Crippen LogP) is 4.32. The molecule has 1 aliphatic carbocycles. The summed E-state index contributed by atoms with van der Waals surface area (Å²) in [7, 11) is -0.497. The molecule has 0 aromatic heterocycles. The Balaban J connectivity index is 2.00. The zero-order valence-corrected chi connectivity index (χ0v) is 17.8. The van der Waals surface area contributed by atoms with Gasteiger partial charge < -0.3 is 19.0 Å². The minimum atomic E-state index is -2.12. The second-order valence-corrected chi connectivity index (χ2v) is 13.4. The summed E-state index contributed by atoms with van der Waals surface area (Å²) in [5, 5.41) is 9.71. The maximum Gasteiger partial charge on any atom is 0.192 e.